The van der Waals surface area contributed by atoms with Gasteiger partial charge in [0.15, 0.2) is 17.3 Å². The smallest absolute Gasteiger partial charge is 0.161 e. The van der Waals surface area contributed by atoms with Gasteiger partial charge < -0.3 is 24.0 Å². The van der Waals surface area contributed by atoms with E-state index in [9.17, 15) is 5.11 Å². The number of ether oxygens (including phenoxy) is 2. The molecular weight excluding hydrogens is 394 g/mol. The SMILES string of the molecule is COc1cc(CN(C)Cc2cc(C)no2)ccc1OCC(O)CN1CCCCCCC1. The Labute approximate surface area is 185 Å². The lowest BCUT2D eigenvalue weighted by Crippen LogP contribution is -2.37. The Balaban J connectivity index is 1.49. The van der Waals surface area contributed by atoms with Gasteiger partial charge in [-0.2, -0.15) is 0 Å². The molecule has 31 heavy (non-hydrogen) atoms. The Hall–Kier alpha value is -2.09. The van der Waals surface area contributed by atoms with E-state index >= 15 is 0 Å². The van der Waals surface area contributed by atoms with Crippen molar-refractivity contribution >= 4 is 0 Å². The van der Waals surface area contributed by atoms with Gasteiger partial charge in [-0.15, -0.1) is 0 Å². The molecule has 1 N–H and O–H groups in total. The van der Waals surface area contributed by atoms with Crippen molar-refractivity contribution in [1.82, 2.24) is 15.0 Å². The Kier molecular flexibility index (Phi) is 9.18. The second-order valence-corrected chi connectivity index (χ2v) is 8.63. The highest BCUT2D eigenvalue weighted by atomic mass is 16.5. The van der Waals surface area contributed by atoms with Crippen molar-refractivity contribution in [2.24, 2.45) is 0 Å². The molecule has 0 bridgehead atoms. The average Bonchev–Trinajstić information content (AvgIpc) is 3.13. The summed E-state index contributed by atoms with van der Waals surface area (Å²) in [6.45, 7) is 6.40. The van der Waals surface area contributed by atoms with Crippen LogP contribution in [0.1, 0.15) is 49.1 Å². The van der Waals surface area contributed by atoms with Crippen LogP contribution < -0.4 is 9.47 Å². The summed E-state index contributed by atoms with van der Waals surface area (Å²) in [5.41, 5.74) is 2.00. The van der Waals surface area contributed by atoms with Crippen molar-refractivity contribution in [3.05, 3.63) is 41.3 Å². The molecule has 1 aliphatic rings. The van der Waals surface area contributed by atoms with Crippen LogP contribution in [0.5, 0.6) is 11.5 Å². The van der Waals surface area contributed by atoms with Gasteiger partial charge in [0.25, 0.3) is 0 Å². The highest BCUT2D eigenvalue weighted by Gasteiger charge is 2.15. The average molecular weight is 432 g/mol. The number of hydrogen-bond donors (Lipinski definition) is 1. The number of hydrogen-bond acceptors (Lipinski definition) is 7. The summed E-state index contributed by atoms with van der Waals surface area (Å²) in [5.74, 6) is 2.19. The second-order valence-electron chi connectivity index (χ2n) is 8.63. The molecule has 2 aromatic rings. The number of aromatic nitrogens is 1. The van der Waals surface area contributed by atoms with Crippen LogP contribution in [0.25, 0.3) is 0 Å². The van der Waals surface area contributed by atoms with Crippen molar-refractivity contribution < 1.29 is 19.1 Å². The summed E-state index contributed by atoms with van der Waals surface area (Å²) in [7, 11) is 3.68. The lowest BCUT2D eigenvalue weighted by molar-refractivity contribution is 0.0645. The molecule has 1 aromatic heterocycles. The van der Waals surface area contributed by atoms with Crippen molar-refractivity contribution in [2.75, 3.05) is 40.4 Å². The maximum Gasteiger partial charge on any atom is 0.161 e. The molecule has 1 fully saturated rings. The van der Waals surface area contributed by atoms with Crippen LogP contribution >= 0.6 is 0 Å². The van der Waals surface area contributed by atoms with Gasteiger partial charge in [-0.05, 0) is 57.6 Å². The van der Waals surface area contributed by atoms with Crippen LogP contribution in [0.15, 0.2) is 28.8 Å². The molecule has 1 atom stereocenters. The zero-order valence-electron chi connectivity index (χ0n) is 19.2. The van der Waals surface area contributed by atoms with Crippen molar-refractivity contribution in [2.45, 2.75) is 58.2 Å². The predicted molar refractivity (Wildman–Crippen MR) is 120 cm³/mol. The molecule has 0 radical (unpaired) electrons. The summed E-state index contributed by atoms with van der Waals surface area (Å²) >= 11 is 0. The van der Waals surface area contributed by atoms with E-state index in [0.717, 1.165) is 36.7 Å². The van der Waals surface area contributed by atoms with Gasteiger partial charge >= 0.3 is 0 Å². The third-order valence-corrected chi connectivity index (χ3v) is 5.63. The summed E-state index contributed by atoms with van der Waals surface area (Å²) in [6, 6.07) is 7.89. The number of β-amino-alcohol motifs (C(OH)–C–C–N with tert-alkyl or cyclic N) is 1. The summed E-state index contributed by atoms with van der Waals surface area (Å²) in [5, 5.41) is 14.4. The van der Waals surface area contributed by atoms with Gasteiger partial charge in [0, 0.05) is 19.2 Å². The summed E-state index contributed by atoms with van der Waals surface area (Å²) < 4.78 is 16.7. The largest absolute Gasteiger partial charge is 0.493 e. The zero-order chi connectivity index (χ0) is 22.1. The highest BCUT2D eigenvalue weighted by Crippen LogP contribution is 2.29. The maximum atomic E-state index is 10.5. The van der Waals surface area contributed by atoms with E-state index in [2.05, 4.69) is 15.0 Å². The number of likely N-dealkylation sites (tertiary alicyclic amines) is 1. The maximum absolute atomic E-state index is 10.5. The third-order valence-electron chi connectivity index (χ3n) is 5.63. The van der Waals surface area contributed by atoms with Gasteiger partial charge in [0.05, 0.1) is 19.3 Å². The number of rotatable bonds is 10. The quantitative estimate of drug-likeness (QED) is 0.616. The molecule has 1 unspecified atom stereocenters. The van der Waals surface area contributed by atoms with Gasteiger partial charge in [0.1, 0.15) is 12.7 Å². The molecule has 7 nitrogen and oxygen atoms in total. The third kappa shape index (κ3) is 7.83. The van der Waals surface area contributed by atoms with Gasteiger partial charge in [-0.1, -0.05) is 30.5 Å². The lowest BCUT2D eigenvalue weighted by atomic mass is 10.1. The minimum Gasteiger partial charge on any atom is -0.493 e. The van der Waals surface area contributed by atoms with E-state index in [0.29, 0.717) is 24.6 Å². The van der Waals surface area contributed by atoms with Gasteiger partial charge in [-0.3, -0.25) is 4.90 Å². The van der Waals surface area contributed by atoms with Crippen LogP contribution in [0.3, 0.4) is 0 Å². The fraction of sp³-hybridized carbons (Fsp3) is 0.625. The summed E-state index contributed by atoms with van der Waals surface area (Å²) in [6.07, 6.45) is 5.84. The van der Waals surface area contributed by atoms with E-state index in [1.165, 1.54) is 32.1 Å². The van der Waals surface area contributed by atoms with E-state index in [-0.39, 0.29) is 6.61 Å². The van der Waals surface area contributed by atoms with Crippen LogP contribution in [0.4, 0.5) is 0 Å². The number of aliphatic hydroxyl groups excluding tert-OH is 1. The summed E-state index contributed by atoms with van der Waals surface area (Å²) in [4.78, 5) is 4.52. The Morgan fingerprint density at radius 2 is 1.84 bits per heavy atom. The fourth-order valence-corrected chi connectivity index (χ4v) is 4.09. The van der Waals surface area contributed by atoms with Crippen molar-refractivity contribution in [3.63, 3.8) is 0 Å². The van der Waals surface area contributed by atoms with Crippen LogP contribution in [0.2, 0.25) is 0 Å². The number of benzene rings is 1. The standard InChI is InChI=1S/C24H37N3O4/c1-19-13-22(31-25-19)17-26(2)15-20-9-10-23(24(14-20)29-3)30-18-21(28)16-27-11-7-5-4-6-8-12-27/h9-10,13-14,21,28H,4-8,11-12,15-18H2,1-3H3. The zero-order valence-corrected chi connectivity index (χ0v) is 19.2. The first-order valence-corrected chi connectivity index (χ1v) is 11.3. The Morgan fingerprint density at radius 3 is 2.52 bits per heavy atom. The van der Waals surface area contributed by atoms with E-state index < -0.39 is 6.10 Å². The van der Waals surface area contributed by atoms with E-state index in [4.69, 9.17) is 14.0 Å². The lowest BCUT2D eigenvalue weighted by Gasteiger charge is -2.26. The number of nitrogens with zero attached hydrogens (tertiary/aromatic N) is 3. The van der Waals surface area contributed by atoms with Crippen LogP contribution in [0, 0.1) is 6.92 Å². The topological polar surface area (TPSA) is 71.2 Å². The molecule has 172 valence electrons. The molecule has 7 heteroatoms. The normalized spacial score (nSPS) is 16.7. The molecule has 0 aliphatic carbocycles. The molecule has 1 saturated heterocycles. The molecular formula is C24H37N3O4. The number of aliphatic hydroxyl groups is 1. The molecule has 0 saturated carbocycles. The minimum atomic E-state index is -0.514. The number of methoxy groups -OCH3 is 1. The first-order chi connectivity index (χ1) is 15.0. The van der Waals surface area contributed by atoms with Crippen LogP contribution in [-0.4, -0.2) is 66.6 Å². The molecule has 2 heterocycles. The monoisotopic (exact) mass is 431 g/mol. The molecule has 0 spiro atoms. The first-order valence-electron chi connectivity index (χ1n) is 11.3. The minimum absolute atomic E-state index is 0.261. The van der Waals surface area contributed by atoms with Gasteiger partial charge in [0.2, 0.25) is 0 Å². The van der Waals surface area contributed by atoms with Crippen molar-refractivity contribution in [1.29, 1.82) is 0 Å². The highest BCUT2D eigenvalue weighted by molar-refractivity contribution is 5.43. The second kappa shape index (κ2) is 12.1. The fourth-order valence-electron chi connectivity index (χ4n) is 4.09. The van der Waals surface area contributed by atoms with E-state index in [1.54, 1.807) is 7.11 Å². The Morgan fingerprint density at radius 1 is 1.10 bits per heavy atom. The molecule has 0 amide bonds. The van der Waals surface area contributed by atoms with E-state index in [1.807, 2.05) is 38.2 Å². The molecule has 3 rings (SSSR count). The molecule has 1 aliphatic heterocycles. The predicted octanol–water partition coefficient (Wildman–Crippen LogP) is 3.63. The van der Waals surface area contributed by atoms with Crippen molar-refractivity contribution in [3.8, 4) is 11.5 Å². The van der Waals surface area contributed by atoms with Crippen LogP contribution in [-0.2, 0) is 13.1 Å². The number of aryl methyl sites for hydroxylation is 1. The first kappa shape index (κ1) is 23.6. The molecule has 1 aromatic carbocycles. The van der Waals surface area contributed by atoms with Gasteiger partial charge in [-0.25, -0.2) is 0 Å². The Bertz CT molecular complexity index is 787.